The van der Waals surface area contributed by atoms with E-state index in [1.807, 2.05) is 0 Å². The van der Waals surface area contributed by atoms with Gasteiger partial charge in [-0.15, -0.1) is 0 Å². The van der Waals surface area contributed by atoms with Gasteiger partial charge in [0, 0.05) is 0 Å². The molecule has 0 aliphatic heterocycles. The van der Waals surface area contributed by atoms with E-state index < -0.39 is 15.6 Å². The minimum Gasteiger partial charge on any atom is -0.201 e. The maximum Gasteiger partial charge on any atom is 0.444 e. The molecule has 0 aliphatic carbocycles. The zero-order chi connectivity index (χ0) is 10.8. The fourth-order valence-electron chi connectivity index (χ4n) is 0.836. The minimum atomic E-state index is -4.91. The van der Waals surface area contributed by atoms with Gasteiger partial charge in [0.25, 0.3) is 0 Å². The van der Waals surface area contributed by atoms with Crippen LogP contribution in [0, 0.1) is 0 Å². The molecule has 0 radical (unpaired) electrons. The van der Waals surface area contributed by atoms with Crippen LogP contribution in [-0.4, -0.2) is 6.18 Å². The van der Waals surface area contributed by atoms with Gasteiger partial charge in [-0.2, -0.15) is 13.2 Å². The van der Waals surface area contributed by atoms with Crippen molar-refractivity contribution in [1.29, 1.82) is 0 Å². The third kappa shape index (κ3) is 2.70. The monoisotopic (exact) mass is 316 g/mol. The maximum absolute atomic E-state index is 12.7. The molecule has 0 nitrogen and oxygen atoms in total. The quantitative estimate of drug-likeness (QED) is 0.535. The average Bonchev–Trinajstić information content (AvgIpc) is 2.15. The molecule has 0 aromatic heterocycles. The van der Waals surface area contributed by atoms with E-state index in [0.717, 1.165) is 0 Å². The molecule has 76 valence electrons. The van der Waals surface area contributed by atoms with E-state index >= 15 is 0 Å². The van der Waals surface area contributed by atoms with E-state index in [1.165, 1.54) is 34.7 Å². The molecule has 14 heavy (non-hydrogen) atoms. The van der Waals surface area contributed by atoms with Crippen molar-refractivity contribution in [2.75, 3.05) is 0 Å². The van der Waals surface area contributed by atoms with Gasteiger partial charge in [-0.25, -0.2) is 4.39 Å². The molecule has 1 rings (SSSR count). The van der Waals surface area contributed by atoms with Crippen LogP contribution in [-0.2, 0) is 0 Å². The summed E-state index contributed by atoms with van der Waals surface area (Å²) in [5.41, 5.74) is 0.225. The summed E-state index contributed by atoms with van der Waals surface area (Å²) >= 11 is 1.34. The zero-order valence-corrected chi connectivity index (χ0v) is 8.93. The first-order chi connectivity index (χ1) is 6.43. The van der Waals surface area contributed by atoms with Crippen LogP contribution >= 0.6 is 22.6 Å². The normalized spacial score (nSPS) is 13.8. The predicted molar refractivity (Wildman–Crippen MR) is 54.5 cm³/mol. The molecule has 0 fully saturated rings. The second-order valence-electron chi connectivity index (χ2n) is 2.49. The van der Waals surface area contributed by atoms with Gasteiger partial charge in [0.15, 0.2) is 0 Å². The van der Waals surface area contributed by atoms with Gasteiger partial charge in [0.2, 0.25) is 5.83 Å². The Morgan fingerprint density at radius 1 is 1.07 bits per heavy atom. The molecule has 1 aromatic rings. The lowest BCUT2D eigenvalue weighted by Crippen LogP contribution is -2.08. The number of halogens is 5. The van der Waals surface area contributed by atoms with Crippen LogP contribution in [0.4, 0.5) is 17.6 Å². The molecule has 1 aromatic carbocycles. The van der Waals surface area contributed by atoms with E-state index in [0.29, 0.717) is 0 Å². The van der Waals surface area contributed by atoms with Crippen molar-refractivity contribution < 1.29 is 17.6 Å². The van der Waals surface area contributed by atoms with E-state index in [1.54, 1.807) is 18.2 Å². The molecule has 5 heteroatoms. The summed E-state index contributed by atoms with van der Waals surface area (Å²) in [6.45, 7) is 0. The molecule has 0 heterocycles. The number of hydrogen-bond acceptors (Lipinski definition) is 0. The van der Waals surface area contributed by atoms with Gasteiger partial charge in [-0.3, -0.25) is 0 Å². The molecule has 0 spiro atoms. The van der Waals surface area contributed by atoms with Gasteiger partial charge in [-0.1, -0.05) is 30.3 Å². The van der Waals surface area contributed by atoms with Crippen molar-refractivity contribution in [3.63, 3.8) is 0 Å². The highest BCUT2D eigenvalue weighted by atomic mass is 127. The number of rotatable bonds is 1. The minimum absolute atomic E-state index is 0.225. The van der Waals surface area contributed by atoms with Crippen molar-refractivity contribution in [2.45, 2.75) is 6.18 Å². The van der Waals surface area contributed by atoms with Gasteiger partial charge >= 0.3 is 6.18 Å². The second kappa shape index (κ2) is 4.29. The Morgan fingerprint density at radius 2 is 1.57 bits per heavy atom. The summed E-state index contributed by atoms with van der Waals surface area (Å²) < 4.78 is 48.2. The average molecular weight is 316 g/mol. The lowest BCUT2D eigenvalue weighted by atomic mass is 10.2. The van der Waals surface area contributed by atoms with Crippen LogP contribution in [0.1, 0.15) is 5.56 Å². The first-order valence-corrected chi connectivity index (χ1v) is 4.68. The molecule has 0 unspecified atom stereocenters. The van der Waals surface area contributed by atoms with Crippen molar-refractivity contribution >= 4 is 26.2 Å². The van der Waals surface area contributed by atoms with Crippen LogP contribution in [0.2, 0.25) is 0 Å². The van der Waals surface area contributed by atoms with Crippen molar-refractivity contribution in [3.05, 3.63) is 41.7 Å². The zero-order valence-electron chi connectivity index (χ0n) is 6.78. The summed E-state index contributed by atoms with van der Waals surface area (Å²) in [6.07, 6.45) is -4.91. The van der Waals surface area contributed by atoms with Crippen LogP contribution in [0.25, 0.3) is 3.58 Å². The van der Waals surface area contributed by atoms with Crippen LogP contribution in [0.15, 0.2) is 36.2 Å². The highest BCUT2D eigenvalue weighted by Crippen LogP contribution is 2.36. The number of allylic oxidation sites excluding steroid dienone is 1. The summed E-state index contributed by atoms with van der Waals surface area (Å²) in [7, 11) is 0. The molecule has 0 aliphatic rings. The molecule has 0 bridgehead atoms. The fraction of sp³-hybridized carbons (Fsp3) is 0.111. The van der Waals surface area contributed by atoms with Crippen molar-refractivity contribution in [2.24, 2.45) is 0 Å². The highest BCUT2D eigenvalue weighted by molar-refractivity contribution is 14.1. The lowest BCUT2D eigenvalue weighted by Gasteiger charge is -2.06. The number of alkyl halides is 3. The van der Waals surface area contributed by atoms with Gasteiger partial charge in [0.1, 0.15) is 0 Å². The van der Waals surface area contributed by atoms with Crippen molar-refractivity contribution in [3.8, 4) is 0 Å². The van der Waals surface area contributed by atoms with Crippen LogP contribution in [0.3, 0.4) is 0 Å². The van der Waals surface area contributed by atoms with Crippen molar-refractivity contribution in [1.82, 2.24) is 0 Å². The van der Waals surface area contributed by atoms with Gasteiger partial charge in [-0.05, 0) is 28.2 Å². The summed E-state index contributed by atoms with van der Waals surface area (Å²) in [5.74, 6) is -2.05. The Bertz CT molecular complexity index is 340. The smallest absolute Gasteiger partial charge is 0.201 e. The number of hydrogen-bond donors (Lipinski definition) is 0. The Hall–Kier alpha value is -0.590. The molecule has 0 saturated heterocycles. The third-order valence-corrected chi connectivity index (χ3v) is 2.57. The molecule has 0 atom stereocenters. The summed E-state index contributed by atoms with van der Waals surface area (Å²) in [6, 6.07) is 7.61. The van der Waals surface area contributed by atoms with Gasteiger partial charge in [0.05, 0.1) is 3.58 Å². The Labute approximate surface area is 91.8 Å². The summed E-state index contributed by atoms with van der Waals surface area (Å²) in [5, 5.41) is 0. The van der Waals surface area contributed by atoms with E-state index in [2.05, 4.69) is 0 Å². The third-order valence-electron chi connectivity index (χ3n) is 1.47. The molecular formula is C9H5F4I. The first-order valence-electron chi connectivity index (χ1n) is 3.61. The van der Waals surface area contributed by atoms with E-state index in [9.17, 15) is 17.6 Å². The topological polar surface area (TPSA) is 0 Å². The lowest BCUT2D eigenvalue weighted by molar-refractivity contribution is -0.107. The summed E-state index contributed by atoms with van der Waals surface area (Å²) in [4.78, 5) is 0. The Morgan fingerprint density at radius 3 is 2.00 bits per heavy atom. The number of benzene rings is 1. The molecule has 0 N–H and O–H groups in total. The molecular weight excluding hydrogens is 311 g/mol. The maximum atomic E-state index is 12.7. The van der Waals surface area contributed by atoms with Gasteiger partial charge < -0.3 is 0 Å². The Kier molecular flexibility index (Phi) is 3.52. The standard InChI is InChI=1S/C9H5F4I/c10-8(9(11,12)13)7(14)6-4-2-1-3-5-6/h1-5H/b8-7-. The van der Waals surface area contributed by atoms with E-state index in [4.69, 9.17) is 0 Å². The first kappa shape index (κ1) is 11.5. The largest absolute Gasteiger partial charge is 0.444 e. The fourth-order valence-corrected chi connectivity index (χ4v) is 1.50. The van der Waals surface area contributed by atoms with Crippen LogP contribution in [0.5, 0.6) is 0 Å². The van der Waals surface area contributed by atoms with E-state index in [-0.39, 0.29) is 5.56 Å². The second-order valence-corrected chi connectivity index (χ2v) is 3.57. The predicted octanol–water partition coefficient (Wildman–Crippen LogP) is 4.32. The molecule has 0 amide bonds. The highest BCUT2D eigenvalue weighted by Gasteiger charge is 2.37. The Balaban J connectivity index is 3.12. The SMILES string of the molecule is F/C(=C(\I)c1ccccc1)C(F)(F)F. The van der Waals surface area contributed by atoms with Crippen LogP contribution < -0.4 is 0 Å². The molecule has 0 saturated carbocycles.